The first-order valence-electron chi connectivity index (χ1n) is 5.52. The molecule has 4 nitrogen and oxygen atoms in total. The number of nitrogens with one attached hydrogen (secondary N) is 1. The number of carboxylic acids is 1. The fourth-order valence-electron chi connectivity index (χ4n) is 1.61. The molecule has 6 heteroatoms. The molecule has 1 unspecified atom stereocenters. The van der Waals surface area contributed by atoms with E-state index in [0.29, 0.717) is 5.76 Å². The quantitative estimate of drug-likeness (QED) is 0.693. The number of carbonyl (C=O) groups is 1. The van der Waals surface area contributed by atoms with E-state index in [2.05, 4.69) is 43.8 Å². The lowest BCUT2D eigenvalue weighted by atomic mass is 10.2. The molecule has 19 heavy (non-hydrogen) atoms. The summed E-state index contributed by atoms with van der Waals surface area (Å²) in [5, 5.41) is 12.1. The molecule has 2 rings (SSSR count). The van der Waals surface area contributed by atoms with Gasteiger partial charge in [-0.15, -0.1) is 0 Å². The van der Waals surface area contributed by atoms with Crippen molar-refractivity contribution in [3.8, 4) is 0 Å². The molecule has 0 aliphatic rings. The Morgan fingerprint density at radius 2 is 2.16 bits per heavy atom. The first kappa shape index (κ1) is 14.4. The van der Waals surface area contributed by atoms with Crippen LogP contribution in [0.3, 0.4) is 0 Å². The van der Waals surface area contributed by atoms with Crippen molar-refractivity contribution in [3.05, 3.63) is 49.9 Å². The van der Waals surface area contributed by atoms with Gasteiger partial charge in [-0.25, -0.2) is 4.79 Å². The molecule has 0 aliphatic carbocycles. The molecule has 100 valence electrons. The number of aromatic carboxylic acids is 1. The molecule has 2 N–H and O–H groups in total. The molecule has 0 amide bonds. The predicted octanol–water partition coefficient (Wildman–Crippen LogP) is 4.52. The Bertz CT molecular complexity index is 612. The van der Waals surface area contributed by atoms with Crippen LogP contribution in [0.4, 0.5) is 5.69 Å². The van der Waals surface area contributed by atoms with Gasteiger partial charge >= 0.3 is 5.97 Å². The van der Waals surface area contributed by atoms with E-state index in [1.54, 1.807) is 6.07 Å². The second-order valence-electron chi connectivity index (χ2n) is 4.00. The number of halogens is 2. The lowest BCUT2D eigenvalue weighted by molar-refractivity contribution is 0.0660. The first-order chi connectivity index (χ1) is 8.97. The fourth-order valence-corrected chi connectivity index (χ4v) is 2.47. The van der Waals surface area contributed by atoms with Crippen LogP contribution < -0.4 is 5.32 Å². The van der Waals surface area contributed by atoms with Crippen LogP contribution in [0.5, 0.6) is 0 Å². The van der Waals surface area contributed by atoms with Crippen molar-refractivity contribution < 1.29 is 14.3 Å². The summed E-state index contributed by atoms with van der Waals surface area (Å²) in [5.74, 6) is -0.526. The van der Waals surface area contributed by atoms with E-state index >= 15 is 0 Å². The van der Waals surface area contributed by atoms with Crippen molar-refractivity contribution in [2.24, 2.45) is 0 Å². The predicted molar refractivity (Wildman–Crippen MR) is 84.6 cm³/mol. The van der Waals surface area contributed by atoms with Crippen LogP contribution in [0, 0.1) is 3.57 Å². The minimum Gasteiger partial charge on any atom is -0.475 e. The number of rotatable bonds is 4. The van der Waals surface area contributed by atoms with Crippen molar-refractivity contribution in [3.63, 3.8) is 0 Å². The van der Waals surface area contributed by atoms with Gasteiger partial charge in [-0.2, -0.15) is 0 Å². The Morgan fingerprint density at radius 1 is 1.42 bits per heavy atom. The van der Waals surface area contributed by atoms with E-state index in [1.165, 1.54) is 6.07 Å². The van der Waals surface area contributed by atoms with E-state index in [0.717, 1.165) is 13.7 Å². The molecule has 1 aromatic heterocycles. The number of benzene rings is 1. The molecule has 1 heterocycles. The van der Waals surface area contributed by atoms with Gasteiger partial charge in [0.1, 0.15) is 5.76 Å². The summed E-state index contributed by atoms with van der Waals surface area (Å²) in [6, 6.07) is 8.96. The van der Waals surface area contributed by atoms with Gasteiger partial charge in [-0.1, -0.05) is 0 Å². The van der Waals surface area contributed by atoms with E-state index in [1.807, 2.05) is 25.1 Å². The second-order valence-corrected chi connectivity index (χ2v) is 6.10. The summed E-state index contributed by atoms with van der Waals surface area (Å²) in [6.07, 6.45) is 0. The Balaban J connectivity index is 2.17. The zero-order valence-electron chi connectivity index (χ0n) is 9.98. The molecule has 2 aromatic rings. The number of furan rings is 1. The molecule has 1 aromatic carbocycles. The van der Waals surface area contributed by atoms with Crippen LogP contribution in [0.1, 0.15) is 29.3 Å². The Hall–Kier alpha value is -1.02. The maximum Gasteiger partial charge on any atom is 0.371 e. The molecule has 0 saturated heterocycles. The lowest BCUT2D eigenvalue weighted by Crippen LogP contribution is -2.06. The monoisotopic (exact) mass is 435 g/mol. The van der Waals surface area contributed by atoms with Gasteiger partial charge in [0.25, 0.3) is 0 Å². The highest BCUT2D eigenvalue weighted by Gasteiger charge is 2.15. The zero-order chi connectivity index (χ0) is 14.0. The highest BCUT2D eigenvalue weighted by Crippen LogP contribution is 2.28. The van der Waals surface area contributed by atoms with Crippen molar-refractivity contribution in [1.29, 1.82) is 0 Å². The topological polar surface area (TPSA) is 62.5 Å². The van der Waals surface area contributed by atoms with Gasteiger partial charge in [0.05, 0.1) is 11.7 Å². The van der Waals surface area contributed by atoms with Crippen LogP contribution in [0.15, 0.2) is 39.2 Å². The van der Waals surface area contributed by atoms with Crippen molar-refractivity contribution in [1.82, 2.24) is 0 Å². The van der Waals surface area contributed by atoms with Crippen LogP contribution in [-0.4, -0.2) is 11.1 Å². The fraction of sp³-hybridized carbons (Fsp3) is 0.154. The number of hydrogen-bond donors (Lipinski definition) is 2. The standard InChI is InChI=1S/C13H11BrINO3/c1-7(11-4-5-12(19-11)13(17)18)16-10-6-8(15)2-3-9(10)14/h2-7,16H,1H3,(H,17,18). The molecular weight excluding hydrogens is 425 g/mol. The lowest BCUT2D eigenvalue weighted by Gasteiger charge is -2.14. The number of carboxylic acid groups (broad SMARTS) is 1. The second kappa shape index (κ2) is 5.96. The summed E-state index contributed by atoms with van der Waals surface area (Å²) in [7, 11) is 0. The zero-order valence-corrected chi connectivity index (χ0v) is 13.7. The number of anilines is 1. The highest BCUT2D eigenvalue weighted by atomic mass is 127. The smallest absolute Gasteiger partial charge is 0.371 e. The molecule has 0 spiro atoms. The van der Waals surface area contributed by atoms with E-state index in [4.69, 9.17) is 9.52 Å². The van der Waals surface area contributed by atoms with Crippen molar-refractivity contribution in [2.75, 3.05) is 5.32 Å². The Morgan fingerprint density at radius 3 is 2.79 bits per heavy atom. The third-order valence-electron chi connectivity index (χ3n) is 2.56. The van der Waals surface area contributed by atoms with Crippen LogP contribution in [0.2, 0.25) is 0 Å². The van der Waals surface area contributed by atoms with Crippen molar-refractivity contribution >= 4 is 50.2 Å². The van der Waals surface area contributed by atoms with Crippen LogP contribution >= 0.6 is 38.5 Å². The normalized spacial score (nSPS) is 12.2. The molecule has 0 aliphatic heterocycles. The molecule has 1 atom stereocenters. The first-order valence-corrected chi connectivity index (χ1v) is 7.39. The van der Waals surface area contributed by atoms with Gasteiger partial charge in [0, 0.05) is 8.04 Å². The van der Waals surface area contributed by atoms with Crippen LogP contribution in [-0.2, 0) is 0 Å². The summed E-state index contributed by atoms with van der Waals surface area (Å²) in [5.41, 5.74) is 0.938. The molecule has 0 bridgehead atoms. The third kappa shape index (κ3) is 3.50. The largest absolute Gasteiger partial charge is 0.475 e. The van der Waals surface area contributed by atoms with Gasteiger partial charge < -0.3 is 14.8 Å². The van der Waals surface area contributed by atoms with Crippen molar-refractivity contribution in [2.45, 2.75) is 13.0 Å². The Kier molecular flexibility index (Phi) is 4.51. The van der Waals surface area contributed by atoms with E-state index < -0.39 is 5.97 Å². The average Bonchev–Trinajstić information content (AvgIpc) is 2.83. The van der Waals surface area contributed by atoms with Gasteiger partial charge in [-0.05, 0) is 75.8 Å². The van der Waals surface area contributed by atoms with Gasteiger partial charge in [0.15, 0.2) is 0 Å². The number of hydrogen-bond acceptors (Lipinski definition) is 3. The summed E-state index contributed by atoms with van der Waals surface area (Å²) in [6.45, 7) is 1.91. The highest BCUT2D eigenvalue weighted by molar-refractivity contribution is 14.1. The summed E-state index contributed by atoms with van der Waals surface area (Å²) < 4.78 is 7.33. The molecule has 0 radical (unpaired) electrons. The van der Waals surface area contributed by atoms with E-state index in [9.17, 15) is 4.79 Å². The minimum absolute atomic E-state index is 0.0506. The maximum absolute atomic E-state index is 10.8. The summed E-state index contributed by atoms with van der Waals surface area (Å²) >= 11 is 5.70. The minimum atomic E-state index is -1.06. The molecular formula is C13H11BrINO3. The Labute approximate surface area is 132 Å². The van der Waals surface area contributed by atoms with E-state index in [-0.39, 0.29) is 11.8 Å². The van der Waals surface area contributed by atoms with Gasteiger partial charge in [0.2, 0.25) is 5.76 Å². The summed E-state index contributed by atoms with van der Waals surface area (Å²) in [4.78, 5) is 10.8. The van der Waals surface area contributed by atoms with Crippen LogP contribution in [0.25, 0.3) is 0 Å². The SMILES string of the molecule is CC(Nc1cc(I)ccc1Br)c1ccc(C(=O)O)o1. The molecule has 0 fully saturated rings. The average molecular weight is 436 g/mol. The molecule has 0 saturated carbocycles. The maximum atomic E-state index is 10.8. The van der Waals surface area contributed by atoms with Gasteiger partial charge in [-0.3, -0.25) is 0 Å². The third-order valence-corrected chi connectivity index (χ3v) is 3.93.